The Morgan fingerprint density at radius 3 is 2.62 bits per heavy atom. The van der Waals surface area contributed by atoms with Crippen LogP contribution in [0.25, 0.3) is 0 Å². The molecule has 72 valence electrons. The Morgan fingerprint density at radius 1 is 1.38 bits per heavy atom. The number of pyridine rings is 1. The van der Waals surface area contributed by atoms with Gasteiger partial charge in [-0.3, -0.25) is 4.98 Å². The fourth-order valence-corrected chi connectivity index (χ4v) is 1.13. The molecule has 0 bridgehead atoms. The van der Waals surface area contributed by atoms with Crippen LogP contribution in [0.15, 0.2) is 18.3 Å². The summed E-state index contributed by atoms with van der Waals surface area (Å²) < 4.78 is 37.0. The number of aryl methyl sites for hydroxylation is 1. The molecule has 1 nitrogen and oxygen atoms in total. The molecule has 1 heterocycles. The lowest BCUT2D eigenvalue weighted by Gasteiger charge is -2.10. The van der Waals surface area contributed by atoms with Crippen LogP contribution >= 0.6 is 0 Å². The SMILES string of the molecule is CCCc1ncccc1C(F)(F)F. The second-order valence-electron chi connectivity index (χ2n) is 2.75. The highest BCUT2D eigenvalue weighted by molar-refractivity contribution is 5.22. The number of aromatic nitrogens is 1. The molecule has 0 aliphatic heterocycles. The zero-order chi connectivity index (χ0) is 9.90. The molecule has 0 atom stereocenters. The first kappa shape index (κ1) is 10.0. The Balaban J connectivity index is 3.05. The van der Waals surface area contributed by atoms with Crippen molar-refractivity contribution in [3.05, 3.63) is 29.6 Å². The van der Waals surface area contributed by atoms with E-state index in [0.717, 1.165) is 6.07 Å². The summed E-state index contributed by atoms with van der Waals surface area (Å²) in [4.78, 5) is 3.71. The van der Waals surface area contributed by atoms with Crippen molar-refractivity contribution in [1.82, 2.24) is 4.98 Å². The monoisotopic (exact) mass is 189 g/mol. The Bertz CT molecular complexity index is 280. The van der Waals surface area contributed by atoms with E-state index in [1.165, 1.54) is 12.3 Å². The molecule has 0 saturated carbocycles. The highest BCUT2D eigenvalue weighted by Gasteiger charge is 2.33. The number of hydrogen-bond donors (Lipinski definition) is 0. The van der Waals surface area contributed by atoms with Gasteiger partial charge < -0.3 is 0 Å². The van der Waals surface area contributed by atoms with E-state index in [1.807, 2.05) is 6.92 Å². The maximum absolute atomic E-state index is 12.3. The van der Waals surface area contributed by atoms with E-state index in [0.29, 0.717) is 12.8 Å². The summed E-state index contributed by atoms with van der Waals surface area (Å²) in [6, 6.07) is 2.37. The Labute approximate surface area is 74.6 Å². The average Bonchev–Trinajstić information content (AvgIpc) is 2.04. The Hall–Kier alpha value is -1.06. The molecule has 4 heteroatoms. The van der Waals surface area contributed by atoms with Crippen molar-refractivity contribution < 1.29 is 13.2 Å². The van der Waals surface area contributed by atoms with Gasteiger partial charge in [0, 0.05) is 6.20 Å². The highest BCUT2D eigenvalue weighted by Crippen LogP contribution is 2.31. The van der Waals surface area contributed by atoms with Gasteiger partial charge in [0.25, 0.3) is 0 Å². The van der Waals surface area contributed by atoms with E-state index in [2.05, 4.69) is 4.98 Å². The predicted octanol–water partition coefficient (Wildman–Crippen LogP) is 3.05. The lowest BCUT2D eigenvalue weighted by molar-refractivity contribution is -0.138. The summed E-state index contributed by atoms with van der Waals surface area (Å²) >= 11 is 0. The second-order valence-corrected chi connectivity index (χ2v) is 2.75. The fourth-order valence-electron chi connectivity index (χ4n) is 1.13. The quantitative estimate of drug-likeness (QED) is 0.696. The molecule has 1 rings (SSSR count). The summed E-state index contributed by atoms with van der Waals surface area (Å²) in [7, 11) is 0. The van der Waals surface area contributed by atoms with Crippen LogP contribution < -0.4 is 0 Å². The van der Waals surface area contributed by atoms with Crippen molar-refractivity contribution in [2.45, 2.75) is 25.9 Å². The average molecular weight is 189 g/mol. The normalized spacial score (nSPS) is 11.7. The summed E-state index contributed by atoms with van der Waals surface area (Å²) in [5.41, 5.74) is -0.477. The minimum atomic E-state index is -4.28. The Kier molecular flexibility index (Phi) is 2.90. The molecule has 13 heavy (non-hydrogen) atoms. The van der Waals surface area contributed by atoms with Crippen molar-refractivity contribution in [3.8, 4) is 0 Å². The molecule has 0 saturated heterocycles. The zero-order valence-electron chi connectivity index (χ0n) is 7.23. The van der Waals surface area contributed by atoms with Gasteiger partial charge in [0.15, 0.2) is 0 Å². The van der Waals surface area contributed by atoms with E-state index in [1.54, 1.807) is 0 Å². The van der Waals surface area contributed by atoms with Crippen molar-refractivity contribution >= 4 is 0 Å². The molecule has 0 amide bonds. The molecule has 0 fully saturated rings. The summed E-state index contributed by atoms with van der Waals surface area (Å²) in [5.74, 6) is 0. The van der Waals surface area contributed by atoms with E-state index in [-0.39, 0.29) is 5.69 Å². The molecular weight excluding hydrogens is 179 g/mol. The fraction of sp³-hybridized carbons (Fsp3) is 0.444. The van der Waals surface area contributed by atoms with Crippen LogP contribution in [0, 0.1) is 0 Å². The molecule has 0 aromatic carbocycles. The van der Waals surface area contributed by atoms with Gasteiger partial charge in [-0.05, 0) is 18.6 Å². The van der Waals surface area contributed by atoms with E-state index < -0.39 is 11.7 Å². The second kappa shape index (κ2) is 3.77. The maximum Gasteiger partial charge on any atom is 0.418 e. The Morgan fingerprint density at radius 2 is 2.08 bits per heavy atom. The minimum Gasteiger partial charge on any atom is -0.261 e. The van der Waals surface area contributed by atoms with Crippen molar-refractivity contribution in [1.29, 1.82) is 0 Å². The highest BCUT2D eigenvalue weighted by atomic mass is 19.4. The molecule has 0 aliphatic rings. The lowest BCUT2D eigenvalue weighted by Crippen LogP contribution is -2.10. The van der Waals surface area contributed by atoms with Gasteiger partial charge in [-0.1, -0.05) is 13.3 Å². The van der Waals surface area contributed by atoms with E-state index in [9.17, 15) is 13.2 Å². The van der Waals surface area contributed by atoms with Gasteiger partial charge in [0.1, 0.15) is 0 Å². The molecule has 1 aromatic rings. The van der Waals surface area contributed by atoms with Crippen molar-refractivity contribution in [2.24, 2.45) is 0 Å². The van der Waals surface area contributed by atoms with Crippen LogP contribution in [0.5, 0.6) is 0 Å². The topological polar surface area (TPSA) is 12.9 Å². The predicted molar refractivity (Wildman–Crippen MR) is 43.2 cm³/mol. The van der Waals surface area contributed by atoms with Crippen LogP contribution in [0.2, 0.25) is 0 Å². The van der Waals surface area contributed by atoms with Crippen LogP contribution in [0.3, 0.4) is 0 Å². The number of hydrogen-bond acceptors (Lipinski definition) is 1. The molecule has 1 aromatic heterocycles. The van der Waals surface area contributed by atoms with Crippen molar-refractivity contribution in [3.63, 3.8) is 0 Å². The molecule has 0 aliphatic carbocycles. The first-order chi connectivity index (χ1) is 6.05. The number of nitrogens with zero attached hydrogens (tertiary/aromatic N) is 1. The van der Waals surface area contributed by atoms with Gasteiger partial charge in [0.2, 0.25) is 0 Å². The molecular formula is C9H10F3N. The summed E-state index contributed by atoms with van der Waals surface area (Å²) in [5, 5.41) is 0. The third kappa shape index (κ3) is 2.44. The first-order valence-electron chi connectivity index (χ1n) is 4.06. The molecule has 0 spiro atoms. The molecule has 0 radical (unpaired) electrons. The summed E-state index contributed by atoms with van der Waals surface area (Å²) in [6.45, 7) is 1.83. The maximum atomic E-state index is 12.3. The van der Waals surface area contributed by atoms with Gasteiger partial charge in [-0.2, -0.15) is 13.2 Å². The van der Waals surface area contributed by atoms with Crippen molar-refractivity contribution in [2.75, 3.05) is 0 Å². The third-order valence-electron chi connectivity index (χ3n) is 1.68. The standard InChI is InChI=1S/C9H10F3N/c1-2-4-8-7(9(10,11)12)5-3-6-13-8/h3,5-6H,2,4H2,1H3. The van der Waals surface area contributed by atoms with E-state index >= 15 is 0 Å². The molecule has 0 N–H and O–H groups in total. The van der Waals surface area contributed by atoms with Crippen LogP contribution in [-0.4, -0.2) is 4.98 Å². The lowest BCUT2D eigenvalue weighted by atomic mass is 10.1. The van der Waals surface area contributed by atoms with Gasteiger partial charge in [-0.25, -0.2) is 0 Å². The molecule has 0 unspecified atom stereocenters. The first-order valence-corrected chi connectivity index (χ1v) is 4.06. The van der Waals surface area contributed by atoms with Gasteiger partial charge in [0.05, 0.1) is 11.3 Å². The number of halogens is 3. The zero-order valence-corrected chi connectivity index (χ0v) is 7.23. The van der Waals surface area contributed by atoms with Crippen LogP contribution in [-0.2, 0) is 12.6 Å². The minimum absolute atomic E-state index is 0.137. The summed E-state index contributed by atoms with van der Waals surface area (Å²) in [6.07, 6.45) is -1.85. The van der Waals surface area contributed by atoms with Crippen LogP contribution in [0.4, 0.5) is 13.2 Å². The van der Waals surface area contributed by atoms with Gasteiger partial charge in [-0.15, -0.1) is 0 Å². The largest absolute Gasteiger partial charge is 0.418 e. The number of alkyl halides is 3. The number of rotatable bonds is 2. The smallest absolute Gasteiger partial charge is 0.261 e. The van der Waals surface area contributed by atoms with Gasteiger partial charge >= 0.3 is 6.18 Å². The van der Waals surface area contributed by atoms with Crippen LogP contribution in [0.1, 0.15) is 24.6 Å². The van der Waals surface area contributed by atoms with E-state index in [4.69, 9.17) is 0 Å². The third-order valence-corrected chi connectivity index (χ3v) is 1.68.